The molecule has 1 aromatic heterocycles. The van der Waals surface area contributed by atoms with Crippen molar-refractivity contribution in [2.45, 2.75) is 0 Å². The van der Waals surface area contributed by atoms with Crippen LogP contribution in [0.4, 0.5) is 17.1 Å². The van der Waals surface area contributed by atoms with Gasteiger partial charge in [0, 0.05) is 37.2 Å². The fourth-order valence-corrected chi connectivity index (χ4v) is 11.3. The quantitative estimate of drug-likeness (QED) is 0.132. The highest BCUT2D eigenvalue weighted by atomic mass is 32.1. The van der Waals surface area contributed by atoms with Crippen LogP contribution in [-0.2, 0) is 0 Å². The fraction of sp³-hybridized carbons (Fsp3) is 0. The smallest absolute Gasteiger partial charge is 0.0462 e. The van der Waals surface area contributed by atoms with Crippen molar-refractivity contribution in [3.63, 3.8) is 0 Å². The van der Waals surface area contributed by atoms with Gasteiger partial charge in [0.05, 0.1) is 0 Å². The van der Waals surface area contributed by atoms with E-state index in [0.717, 1.165) is 17.1 Å². The number of hydrogen-bond donors (Lipinski definition) is 0. The molecule has 0 atom stereocenters. The van der Waals surface area contributed by atoms with E-state index in [1.54, 1.807) is 0 Å². The molecule has 0 fully saturated rings. The molecule has 0 aliphatic rings. The number of fused-ring (bicyclic) bond motifs is 4. The van der Waals surface area contributed by atoms with Crippen LogP contribution in [-0.4, -0.2) is 0 Å². The molecule has 338 valence electrons. The molecule has 0 saturated heterocycles. The lowest BCUT2D eigenvalue weighted by Gasteiger charge is -2.26. The lowest BCUT2D eigenvalue weighted by Crippen LogP contribution is -2.09. The molecule has 13 rings (SSSR count). The van der Waals surface area contributed by atoms with Gasteiger partial charge in [-0.05, 0) is 174 Å². The minimum Gasteiger partial charge on any atom is -0.311 e. The highest BCUT2D eigenvalue weighted by Crippen LogP contribution is 2.41. The van der Waals surface area contributed by atoms with E-state index < -0.39 is 0 Å². The summed E-state index contributed by atoms with van der Waals surface area (Å²) >= 11 is 1.86. The molecule has 2 heteroatoms. The average molecular weight is 934 g/mol. The largest absolute Gasteiger partial charge is 0.311 e. The highest BCUT2D eigenvalue weighted by Gasteiger charge is 2.16. The van der Waals surface area contributed by atoms with Gasteiger partial charge in [-0.15, -0.1) is 11.3 Å². The highest BCUT2D eigenvalue weighted by molar-refractivity contribution is 7.25. The third-order valence-electron chi connectivity index (χ3n) is 14.1. The lowest BCUT2D eigenvalue weighted by atomic mass is 9.93. The Kier molecular flexibility index (Phi) is 11.1. The number of benzene rings is 12. The van der Waals surface area contributed by atoms with Crippen molar-refractivity contribution in [2.24, 2.45) is 0 Å². The molecule has 12 aromatic carbocycles. The number of thiophene rings is 1. The normalized spacial score (nSPS) is 11.3. The maximum atomic E-state index is 2.37. The van der Waals surface area contributed by atoms with Crippen LogP contribution in [0.15, 0.2) is 285 Å². The monoisotopic (exact) mass is 933 g/mol. The average Bonchev–Trinajstić information content (AvgIpc) is 3.84. The first kappa shape index (κ1) is 43.0. The van der Waals surface area contributed by atoms with E-state index in [0.29, 0.717) is 0 Å². The summed E-state index contributed by atoms with van der Waals surface area (Å²) in [7, 11) is 0. The predicted octanol–water partition coefficient (Wildman–Crippen LogP) is 20.3. The Morgan fingerprint density at radius 3 is 1.11 bits per heavy atom. The second kappa shape index (κ2) is 18.7. The van der Waals surface area contributed by atoms with Gasteiger partial charge in [-0.25, -0.2) is 0 Å². The number of hydrogen-bond acceptors (Lipinski definition) is 2. The molecule has 0 aliphatic carbocycles. The molecule has 0 spiro atoms. The Morgan fingerprint density at radius 2 is 0.542 bits per heavy atom. The summed E-state index contributed by atoms with van der Waals surface area (Å²) in [6.45, 7) is 0. The van der Waals surface area contributed by atoms with Crippen LogP contribution in [0, 0.1) is 0 Å². The molecule has 0 N–H and O–H groups in total. The molecular formula is C70H47NS. The van der Waals surface area contributed by atoms with Crippen LogP contribution >= 0.6 is 11.3 Å². The van der Waals surface area contributed by atoms with Gasteiger partial charge >= 0.3 is 0 Å². The predicted molar refractivity (Wildman–Crippen MR) is 310 cm³/mol. The number of anilines is 3. The zero-order valence-electron chi connectivity index (χ0n) is 39.5. The molecule has 0 radical (unpaired) electrons. The van der Waals surface area contributed by atoms with Gasteiger partial charge in [0.2, 0.25) is 0 Å². The molecule has 0 amide bonds. The molecule has 0 saturated carbocycles. The summed E-state index contributed by atoms with van der Waals surface area (Å²) in [5.74, 6) is 0. The lowest BCUT2D eigenvalue weighted by molar-refractivity contribution is 1.28. The number of rotatable bonds is 10. The minimum atomic E-state index is 1.09. The van der Waals surface area contributed by atoms with Gasteiger partial charge in [0.15, 0.2) is 0 Å². The third kappa shape index (κ3) is 8.45. The van der Waals surface area contributed by atoms with Crippen molar-refractivity contribution in [1.82, 2.24) is 0 Å². The van der Waals surface area contributed by atoms with Gasteiger partial charge in [0.1, 0.15) is 0 Å². The van der Waals surface area contributed by atoms with Crippen LogP contribution in [0.25, 0.3) is 109 Å². The van der Waals surface area contributed by atoms with E-state index in [9.17, 15) is 0 Å². The fourth-order valence-electron chi connectivity index (χ4n) is 10.3. The molecule has 72 heavy (non-hydrogen) atoms. The Morgan fingerprint density at radius 1 is 0.194 bits per heavy atom. The maximum absolute atomic E-state index is 2.37. The minimum absolute atomic E-state index is 1.09. The van der Waals surface area contributed by atoms with E-state index >= 15 is 0 Å². The number of nitrogens with zero attached hydrogens (tertiary/aromatic N) is 1. The van der Waals surface area contributed by atoms with Crippen LogP contribution in [0.1, 0.15) is 0 Å². The van der Waals surface area contributed by atoms with Gasteiger partial charge < -0.3 is 4.90 Å². The SMILES string of the molecule is c1ccc(-c2cc(-c3ccccc3)cc(-c3ccc(N(c4ccc(-c5ccc(-c6cccc(-c7ccc8ccccc8c7)c6)cc5)cc4)c4ccc(-c5ccc6sc7ccccc7c6c5)cc4)cc3)c2)cc1. The Bertz CT molecular complexity index is 3980. The van der Waals surface area contributed by atoms with Crippen LogP contribution in [0.5, 0.6) is 0 Å². The van der Waals surface area contributed by atoms with Gasteiger partial charge in [0.25, 0.3) is 0 Å². The molecule has 1 nitrogen and oxygen atoms in total. The van der Waals surface area contributed by atoms with Crippen LogP contribution < -0.4 is 4.90 Å². The molecule has 13 aromatic rings. The van der Waals surface area contributed by atoms with E-state index in [4.69, 9.17) is 0 Å². The van der Waals surface area contributed by atoms with E-state index in [2.05, 4.69) is 290 Å². The van der Waals surface area contributed by atoms with Gasteiger partial charge in [-0.2, -0.15) is 0 Å². The maximum Gasteiger partial charge on any atom is 0.0462 e. The standard InChI is InChI=1S/C70H47NS/c1-3-12-48(13-4-1)61-44-62(49-14-5-2-6-15-49)46-63(45-61)55-32-39-66(40-33-55)71(65-37-30-54(31-38-65)60-34-41-70-68(47-60)67-20-9-10-21-69(67)72-70)64-35-28-52(29-36-64)51-22-24-53(25-23-51)57-18-11-19-58(42-57)59-27-26-50-16-7-8-17-56(50)43-59/h1-47H. The van der Waals surface area contributed by atoms with Gasteiger partial charge in [-0.3, -0.25) is 0 Å². The first-order valence-corrected chi connectivity index (χ1v) is 25.4. The summed E-state index contributed by atoms with van der Waals surface area (Å²) in [6.07, 6.45) is 0. The van der Waals surface area contributed by atoms with E-state index in [1.807, 2.05) is 11.3 Å². The molecule has 1 heterocycles. The van der Waals surface area contributed by atoms with Crippen LogP contribution in [0.3, 0.4) is 0 Å². The second-order valence-corrected chi connectivity index (χ2v) is 19.6. The Labute approximate surface area is 424 Å². The van der Waals surface area contributed by atoms with Crippen molar-refractivity contribution in [1.29, 1.82) is 0 Å². The topological polar surface area (TPSA) is 3.24 Å². The van der Waals surface area contributed by atoms with Crippen molar-refractivity contribution < 1.29 is 0 Å². The van der Waals surface area contributed by atoms with Gasteiger partial charge in [-0.1, -0.05) is 200 Å². The summed E-state index contributed by atoms with van der Waals surface area (Å²) in [5.41, 5.74) is 20.0. The first-order chi connectivity index (χ1) is 35.6. The summed E-state index contributed by atoms with van der Waals surface area (Å²) < 4.78 is 2.64. The summed E-state index contributed by atoms with van der Waals surface area (Å²) in [5, 5.41) is 5.14. The second-order valence-electron chi connectivity index (χ2n) is 18.5. The van der Waals surface area contributed by atoms with Crippen molar-refractivity contribution in [3.05, 3.63) is 285 Å². The summed E-state index contributed by atoms with van der Waals surface area (Å²) in [6, 6.07) is 104. The van der Waals surface area contributed by atoms with Crippen molar-refractivity contribution in [3.8, 4) is 77.9 Å². The molecular weight excluding hydrogens is 887 g/mol. The Hall–Kier alpha value is -9.08. The van der Waals surface area contributed by atoms with E-state index in [-0.39, 0.29) is 0 Å². The molecule has 0 unspecified atom stereocenters. The van der Waals surface area contributed by atoms with E-state index in [1.165, 1.54) is 109 Å². The van der Waals surface area contributed by atoms with Crippen molar-refractivity contribution in [2.75, 3.05) is 4.90 Å². The molecule has 0 bridgehead atoms. The first-order valence-electron chi connectivity index (χ1n) is 24.6. The zero-order chi connectivity index (χ0) is 47.8. The molecule has 0 aliphatic heterocycles. The van der Waals surface area contributed by atoms with Crippen molar-refractivity contribution >= 4 is 59.3 Å². The zero-order valence-corrected chi connectivity index (χ0v) is 40.3. The summed E-state index contributed by atoms with van der Waals surface area (Å²) in [4.78, 5) is 2.37. The Balaban J connectivity index is 0.831. The third-order valence-corrected chi connectivity index (χ3v) is 15.2. The van der Waals surface area contributed by atoms with Crippen LogP contribution in [0.2, 0.25) is 0 Å².